The molecule has 0 spiro atoms. The van der Waals surface area contributed by atoms with E-state index in [-0.39, 0.29) is 18.6 Å². The van der Waals surface area contributed by atoms with Crippen molar-refractivity contribution in [3.05, 3.63) is 29.6 Å². The first kappa shape index (κ1) is 15.5. The normalized spacial score (nSPS) is 21.8. The van der Waals surface area contributed by atoms with E-state index in [4.69, 9.17) is 5.11 Å². The van der Waals surface area contributed by atoms with Gasteiger partial charge in [0.15, 0.2) is 0 Å². The van der Waals surface area contributed by atoms with E-state index in [1.807, 2.05) is 0 Å². The Hall–Kier alpha value is -1.86. The number of aliphatic hydroxyl groups is 1. The Labute approximate surface area is 126 Å². The number of aliphatic hydroxyl groups excluding tert-OH is 1. The van der Waals surface area contributed by atoms with Crippen LogP contribution in [-0.4, -0.2) is 28.6 Å². The second kappa shape index (κ2) is 7.80. The lowest BCUT2D eigenvalue weighted by atomic mass is 10.0. The number of amides is 1. The van der Waals surface area contributed by atoms with Crippen LogP contribution in [0.15, 0.2) is 18.5 Å². The Morgan fingerprint density at radius 2 is 2.29 bits per heavy atom. The van der Waals surface area contributed by atoms with Crippen molar-refractivity contribution in [2.24, 2.45) is 5.92 Å². The zero-order chi connectivity index (χ0) is 15.1. The number of aromatic nitrogens is 1. The highest BCUT2D eigenvalue weighted by Crippen LogP contribution is 2.23. The third kappa shape index (κ3) is 4.57. The summed E-state index contributed by atoms with van der Waals surface area (Å²) in [5, 5.41) is 11.9. The zero-order valence-electron chi connectivity index (χ0n) is 12.4. The molecule has 4 heteroatoms. The summed E-state index contributed by atoms with van der Waals surface area (Å²) in [4.78, 5) is 16.4. The molecule has 1 aliphatic carbocycles. The molecule has 2 rings (SSSR count). The average molecular weight is 286 g/mol. The molecule has 0 aromatic carbocycles. The van der Waals surface area contributed by atoms with Gasteiger partial charge < -0.3 is 10.4 Å². The van der Waals surface area contributed by atoms with Gasteiger partial charge in [0.25, 0.3) is 5.91 Å². The average Bonchev–Trinajstić information content (AvgIpc) is 2.70. The smallest absolute Gasteiger partial charge is 0.252 e. The van der Waals surface area contributed by atoms with Crippen LogP contribution in [0.3, 0.4) is 0 Å². The lowest BCUT2D eigenvalue weighted by molar-refractivity contribution is 0.0932. The Morgan fingerprint density at radius 3 is 3.10 bits per heavy atom. The molecule has 1 aromatic heterocycles. The summed E-state index contributed by atoms with van der Waals surface area (Å²) in [7, 11) is 0. The number of nitrogens with one attached hydrogen (secondary N) is 1. The molecular weight excluding hydrogens is 264 g/mol. The molecule has 2 N–H and O–H groups in total. The van der Waals surface area contributed by atoms with E-state index >= 15 is 0 Å². The molecule has 1 saturated carbocycles. The molecular formula is C17H22N2O2. The van der Waals surface area contributed by atoms with Gasteiger partial charge in [0.1, 0.15) is 6.61 Å². The fourth-order valence-corrected chi connectivity index (χ4v) is 2.72. The minimum atomic E-state index is -0.226. The second-order valence-corrected chi connectivity index (χ2v) is 5.66. The summed E-state index contributed by atoms with van der Waals surface area (Å²) >= 11 is 0. The van der Waals surface area contributed by atoms with E-state index in [0.29, 0.717) is 11.1 Å². The molecule has 1 heterocycles. The number of nitrogens with zero attached hydrogens (tertiary/aromatic N) is 1. The highest BCUT2D eigenvalue weighted by Gasteiger charge is 2.19. The lowest BCUT2D eigenvalue weighted by Gasteiger charge is -2.17. The van der Waals surface area contributed by atoms with Crippen LogP contribution in [0.1, 0.15) is 54.9 Å². The Kier molecular flexibility index (Phi) is 5.77. The molecule has 1 fully saturated rings. The standard InChI is InChI=1S/C17H22N2O2/c1-13-4-2-6-15(8-7-13)19-17(21)16-9-10-18-12-14(16)5-3-11-20/h9-10,12-13,15,20H,2,4,6-8,11H2,1H3,(H,19,21). The number of rotatable bonds is 2. The van der Waals surface area contributed by atoms with Crippen molar-refractivity contribution in [2.45, 2.75) is 45.1 Å². The third-order valence-corrected chi connectivity index (χ3v) is 3.96. The second-order valence-electron chi connectivity index (χ2n) is 5.66. The van der Waals surface area contributed by atoms with Crippen molar-refractivity contribution in [1.82, 2.24) is 10.3 Å². The van der Waals surface area contributed by atoms with Gasteiger partial charge in [-0.2, -0.15) is 0 Å². The molecule has 0 bridgehead atoms. The summed E-state index contributed by atoms with van der Waals surface area (Å²) in [6.07, 6.45) is 8.81. The quantitative estimate of drug-likeness (QED) is 0.646. The first-order valence-corrected chi connectivity index (χ1v) is 7.55. The van der Waals surface area contributed by atoms with Crippen molar-refractivity contribution in [2.75, 3.05) is 6.61 Å². The van der Waals surface area contributed by atoms with E-state index in [1.54, 1.807) is 18.5 Å². The minimum Gasteiger partial charge on any atom is -0.384 e. The zero-order valence-corrected chi connectivity index (χ0v) is 12.4. The molecule has 1 aromatic rings. The van der Waals surface area contributed by atoms with Crippen LogP contribution >= 0.6 is 0 Å². The highest BCUT2D eigenvalue weighted by atomic mass is 16.2. The van der Waals surface area contributed by atoms with Crippen molar-refractivity contribution in [1.29, 1.82) is 0 Å². The molecule has 0 aliphatic heterocycles. The first-order chi connectivity index (χ1) is 10.2. The van der Waals surface area contributed by atoms with E-state index in [1.165, 1.54) is 19.3 Å². The summed E-state index contributed by atoms with van der Waals surface area (Å²) in [6.45, 7) is 2.05. The van der Waals surface area contributed by atoms with E-state index < -0.39 is 0 Å². The van der Waals surface area contributed by atoms with Gasteiger partial charge in [-0.25, -0.2) is 0 Å². The maximum atomic E-state index is 12.4. The van der Waals surface area contributed by atoms with Crippen LogP contribution in [0.25, 0.3) is 0 Å². The molecule has 4 nitrogen and oxygen atoms in total. The van der Waals surface area contributed by atoms with E-state index in [2.05, 4.69) is 29.1 Å². The summed E-state index contributed by atoms with van der Waals surface area (Å²) in [5.74, 6) is 5.99. The maximum absolute atomic E-state index is 12.4. The fraction of sp³-hybridized carbons (Fsp3) is 0.529. The number of hydrogen-bond acceptors (Lipinski definition) is 3. The molecule has 112 valence electrons. The summed E-state index contributed by atoms with van der Waals surface area (Å²) in [6, 6.07) is 1.92. The Balaban J connectivity index is 2.06. The minimum absolute atomic E-state index is 0.0980. The summed E-state index contributed by atoms with van der Waals surface area (Å²) < 4.78 is 0. The van der Waals surface area contributed by atoms with E-state index in [0.717, 1.165) is 18.8 Å². The topological polar surface area (TPSA) is 62.2 Å². The predicted molar refractivity (Wildman–Crippen MR) is 81.7 cm³/mol. The molecule has 0 radical (unpaired) electrons. The van der Waals surface area contributed by atoms with Gasteiger partial charge in [-0.1, -0.05) is 31.6 Å². The van der Waals surface area contributed by atoms with Crippen LogP contribution in [0.2, 0.25) is 0 Å². The maximum Gasteiger partial charge on any atom is 0.252 e. The molecule has 2 unspecified atom stereocenters. The van der Waals surface area contributed by atoms with Crippen molar-refractivity contribution < 1.29 is 9.90 Å². The molecule has 0 saturated heterocycles. The van der Waals surface area contributed by atoms with Gasteiger partial charge in [-0.05, 0) is 31.2 Å². The molecule has 2 atom stereocenters. The van der Waals surface area contributed by atoms with Crippen LogP contribution in [0, 0.1) is 17.8 Å². The van der Waals surface area contributed by atoms with Crippen molar-refractivity contribution in [3.8, 4) is 11.8 Å². The largest absolute Gasteiger partial charge is 0.384 e. The van der Waals surface area contributed by atoms with Gasteiger partial charge in [-0.3, -0.25) is 9.78 Å². The Morgan fingerprint density at radius 1 is 1.43 bits per heavy atom. The monoisotopic (exact) mass is 286 g/mol. The number of pyridine rings is 1. The first-order valence-electron chi connectivity index (χ1n) is 7.55. The van der Waals surface area contributed by atoms with Gasteiger partial charge in [0, 0.05) is 18.4 Å². The van der Waals surface area contributed by atoms with Gasteiger partial charge >= 0.3 is 0 Å². The van der Waals surface area contributed by atoms with Crippen LogP contribution in [0.5, 0.6) is 0 Å². The number of carbonyl (C=O) groups excluding carboxylic acids is 1. The number of carbonyl (C=O) groups is 1. The van der Waals surface area contributed by atoms with Gasteiger partial charge in [0.05, 0.1) is 11.1 Å². The lowest BCUT2D eigenvalue weighted by Crippen LogP contribution is -2.34. The molecule has 21 heavy (non-hydrogen) atoms. The van der Waals surface area contributed by atoms with Crippen LogP contribution < -0.4 is 5.32 Å². The van der Waals surface area contributed by atoms with E-state index in [9.17, 15) is 4.79 Å². The SMILES string of the molecule is CC1CCCC(NC(=O)c2ccncc2C#CCO)CC1. The fourth-order valence-electron chi connectivity index (χ4n) is 2.72. The van der Waals surface area contributed by atoms with Crippen molar-refractivity contribution >= 4 is 5.91 Å². The van der Waals surface area contributed by atoms with Crippen molar-refractivity contribution in [3.63, 3.8) is 0 Å². The van der Waals surface area contributed by atoms with Crippen LogP contribution in [-0.2, 0) is 0 Å². The molecule has 1 amide bonds. The summed E-state index contributed by atoms with van der Waals surface area (Å²) in [5.41, 5.74) is 1.09. The number of hydrogen-bond donors (Lipinski definition) is 2. The van der Waals surface area contributed by atoms with Gasteiger partial charge in [0.2, 0.25) is 0 Å². The highest BCUT2D eigenvalue weighted by molar-refractivity contribution is 5.96. The predicted octanol–water partition coefficient (Wildman–Crippen LogP) is 2.12. The molecule has 1 aliphatic rings. The van der Waals surface area contributed by atoms with Crippen LogP contribution in [0.4, 0.5) is 0 Å². The Bertz CT molecular complexity index is 545. The third-order valence-electron chi connectivity index (χ3n) is 3.96. The van der Waals surface area contributed by atoms with Gasteiger partial charge in [-0.15, -0.1) is 0 Å².